The predicted molar refractivity (Wildman–Crippen MR) is 81.2 cm³/mol. The van der Waals surface area contributed by atoms with E-state index < -0.39 is 12.0 Å². The summed E-state index contributed by atoms with van der Waals surface area (Å²) in [5.74, 6) is -0.343. The van der Waals surface area contributed by atoms with E-state index >= 15 is 0 Å². The summed E-state index contributed by atoms with van der Waals surface area (Å²) in [6.45, 7) is 2.05. The van der Waals surface area contributed by atoms with Crippen molar-refractivity contribution in [3.63, 3.8) is 0 Å². The fourth-order valence-electron chi connectivity index (χ4n) is 1.81. The van der Waals surface area contributed by atoms with Crippen LogP contribution < -0.4 is 15.5 Å². The lowest BCUT2D eigenvalue weighted by atomic mass is 10.1. The van der Waals surface area contributed by atoms with Crippen molar-refractivity contribution < 1.29 is 19.5 Å². The second-order valence-electron chi connectivity index (χ2n) is 4.53. The molecule has 3 N–H and O–H groups in total. The number of carbonyl (C=O) groups excluding carboxylic acids is 2. The van der Waals surface area contributed by atoms with Gasteiger partial charge < -0.3 is 4.74 Å². The maximum absolute atomic E-state index is 11.8. The Morgan fingerprint density at radius 2 is 1.68 bits per heavy atom. The summed E-state index contributed by atoms with van der Waals surface area (Å²) in [5.41, 5.74) is 3.59. The minimum Gasteiger partial charge on any atom is -0.410 e. The Labute approximate surface area is 127 Å². The van der Waals surface area contributed by atoms with Gasteiger partial charge in [0.25, 0.3) is 5.91 Å². The SMILES string of the molecule is CCc1ccc(NC(=O)Oc2ccc(C(=O)NO)cc2)cc1. The molecule has 0 spiro atoms. The first-order chi connectivity index (χ1) is 10.6. The molecule has 0 bridgehead atoms. The van der Waals surface area contributed by atoms with E-state index in [-0.39, 0.29) is 11.3 Å². The first kappa shape index (κ1) is 15.5. The standard InChI is InChI=1S/C16H16N2O4/c1-2-11-3-7-13(8-4-11)17-16(20)22-14-9-5-12(6-10-14)15(19)18-21/h3-10,21H,2H2,1H3,(H,17,20)(H,18,19). The monoisotopic (exact) mass is 300 g/mol. The van der Waals surface area contributed by atoms with E-state index in [4.69, 9.17) is 9.94 Å². The molecule has 0 saturated carbocycles. The molecule has 114 valence electrons. The molecule has 0 aliphatic carbocycles. The molecule has 0 aliphatic rings. The Morgan fingerprint density at radius 3 is 2.23 bits per heavy atom. The highest BCUT2D eigenvalue weighted by molar-refractivity contribution is 5.93. The van der Waals surface area contributed by atoms with Crippen LogP contribution in [0.3, 0.4) is 0 Å². The molecule has 0 unspecified atom stereocenters. The number of hydrogen-bond acceptors (Lipinski definition) is 4. The van der Waals surface area contributed by atoms with Crippen LogP contribution in [-0.2, 0) is 6.42 Å². The highest BCUT2D eigenvalue weighted by Gasteiger charge is 2.07. The molecule has 0 saturated heterocycles. The maximum Gasteiger partial charge on any atom is 0.417 e. The molecule has 6 heteroatoms. The van der Waals surface area contributed by atoms with Gasteiger partial charge in [0.15, 0.2) is 0 Å². The maximum atomic E-state index is 11.8. The summed E-state index contributed by atoms with van der Waals surface area (Å²) in [5, 5.41) is 11.1. The number of nitrogens with one attached hydrogen (secondary N) is 2. The van der Waals surface area contributed by atoms with Gasteiger partial charge in [-0.25, -0.2) is 10.3 Å². The van der Waals surface area contributed by atoms with Gasteiger partial charge in [-0.2, -0.15) is 0 Å². The number of amides is 2. The number of aryl methyl sites for hydroxylation is 1. The van der Waals surface area contributed by atoms with Crippen molar-refractivity contribution in [2.24, 2.45) is 0 Å². The lowest BCUT2D eigenvalue weighted by Gasteiger charge is -2.07. The highest BCUT2D eigenvalue weighted by Crippen LogP contribution is 2.14. The van der Waals surface area contributed by atoms with Gasteiger partial charge in [-0.1, -0.05) is 19.1 Å². The molecule has 6 nitrogen and oxygen atoms in total. The van der Waals surface area contributed by atoms with E-state index in [1.165, 1.54) is 35.3 Å². The van der Waals surface area contributed by atoms with Crippen molar-refractivity contribution in [2.45, 2.75) is 13.3 Å². The second kappa shape index (κ2) is 7.24. The van der Waals surface area contributed by atoms with Crippen molar-refractivity contribution in [3.05, 3.63) is 59.7 Å². The van der Waals surface area contributed by atoms with Crippen molar-refractivity contribution in [2.75, 3.05) is 5.32 Å². The van der Waals surface area contributed by atoms with Crippen LogP contribution in [0.4, 0.5) is 10.5 Å². The van der Waals surface area contributed by atoms with Crippen molar-refractivity contribution in [1.82, 2.24) is 5.48 Å². The fraction of sp³-hybridized carbons (Fsp3) is 0.125. The number of hydrogen-bond donors (Lipinski definition) is 3. The topological polar surface area (TPSA) is 87.7 Å². The molecule has 0 aliphatic heterocycles. The normalized spacial score (nSPS) is 9.91. The molecule has 0 heterocycles. The minimum absolute atomic E-state index is 0.255. The molecule has 22 heavy (non-hydrogen) atoms. The zero-order chi connectivity index (χ0) is 15.9. The van der Waals surface area contributed by atoms with Gasteiger partial charge in [0.05, 0.1) is 0 Å². The molecule has 0 radical (unpaired) electrons. The van der Waals surface area contributed by atoms with E-state index in [9.17, 15) is 9.59 Å². The van der Waals surface area contributed by atoms with Gasteiger partial charge in [0.2, 0.25) is 0 Å². The molecule has 0 atom stereocenters. The number of anilines is 1. The van der Waals surface area contributed by atoms with Crippen LogP contribution in [0, 0.1) is 0 Å². The third-order valence-corrected chi connectivity index (χ3v) is 3.04. The Bertz CT molecular complexity index is 651. The fourth-order valence-corrected chi connectivity index (χ4v) is 1.81. The Morgan fingerprint density at radius 1 is 1.05 bits per heavy atom. The summed E-state index contributed by atoms with van der Waals surface area (Å²) in [6.07, 6.45) is 0.307. The molecule has 2 aromatic rings. The average Bonchev–Trinajstić information content (AvgIpc) is 2.55. The van der Waals surface area contributed by atoms with Crippen LogP contribution in [-0.4, -0.2) is 17.2 Å². The molecule has 2 aromatic carbocycles. The minimum atomic E-state index is -0.632. The van der Waals surface area contributed by atoms with Crippen LogP contribution in [0.5, 0.6) is 5.75 Å². The van der Waals surface area contributed by atoms with E-state index in [0.29, 0.717) is 5.69 Å². The number of benzene rings is 2. The summed E-state index contributed by atoms with van der Waals surface area (Å²) in [4.78, 5) is 22.9. The molecule has 0 aromatic heterocycles. The van der Waals surface area contributed by atoms with Crippen LogP contribution in [0.1, 0.15) is 22.8 Å². The average molecular weight is 300 g/mol. The summed E-state index contributed by atoms with van der Waals surface area (Å²) in [6, 6.07) is 13.3. The molecular weight excluding hydrogens is 284 g/mol. The second-order valence-corrected chi connectivity index (χ2v) is 4.53. The first-order valence-electron chi connectivity index (χ1n) is 6.74. The van der Waals surface area contributed by atoms with Crippen LogP contribution in [0.2, 0.25) is 0 Å². The van der Waals surface area contributed by atoms with Crippen LogP contribution >= 0.6 is 0 Å². The van der Waals surface area contributed by atoms with Crippen molar-refractivity contribution in [3.8, 4) is 5.75 Å². The van der Waals surface area contributed by atoms with Gasteiger partial charge in [0.1, 0.15) is 5.75 Å². The third-order valence-electron chi connectivity index (χ3n) is 3.04. The van der Waals surface area contributed by atoms with E-state index in [1.807, 2.05) is 12.1 Å². The Kier molecular flexibility index (Phi) is 5.11. The van der Waals surface area contributed by atoms with E-state index in [2.05, 4.69) is 12.2 Å². The molecular formula is C16H16N2O4. The van der Waals surface area contributed by atoms with Crippen LogP contribution in [0.15, 0.2) is 48.5 Å². The lowest BCUT2D eigenvalue weighted by molar-refractivity contribution is 0.0706. The van der Waals surface area contributed by atoms with Gasteiger partial charge in [-0.05, 0) is 48.4 Å². The van der Waals surface area contributed by atoms with Gasteiger partial charge in [-0.3, -0.25) is 15.3 Å². The highest BCUT2D eigenvalue weighted by atomic mass is 16.6. The zero-order valence-corrected chi connectivity index (χ0v) is 12.0. The molecule has 2 amide bonds. The largest absolute Gasteiger partial charge is 0.417 e. The van der Waals surface area contributed by atoms with Crippen molar-refractivity contribution >= 4 is 17.7 Å². The smallest absolute Gasteiger partial charge is 0.410 e. The summed E-state index contributed by atoms with van der Waals surface area (Å²) >= 11 is 0. The molecule has 0 fully saturated rings. The summed E-state index contributed by atoms with van der Waals surface area (Å²) in [7, 11) is 0. The van der Waals surface area contributed by atoms with Crippen LogP contribution in [0.25, 0.3) is 0 Å². The number of ether oxygens (including phenoxy) is 1. The Hall–Kier alpha value is -2.86. The van der Waals surface area contributed by atoms with Gasteiger partial charge in [-0.15, -0.1) is 0 Å². The van der Waals surface area contributed by atoms with E-state index in [0.717, 1.165) is 6.42 Å². The van der Waals surface area contributed by atoms with Crippen molar-refractivity contribution in [1.29, 1.82) is 0 Å². The Balaban J connectivity index is 1.94. The van der Waals surface area contributed by atoms with Gasteiger partial charge in [0, 0.05) is 11.3 Å². The first-order valence-corrected chi connectivity index (χ1v) is 6.74. The third kappa shape index (κ3) is 4.07. The number of rotatable bonds is 4. The zero-order valence-electron chi connectivity index (χ0n) is 12.0. The molecule has 2 rings (SSSR count). The lowest BCUT2D eigenvalue weighted by Crippen LogP contribution is -2.19. The van der Waals surface area contributed by atoms with Gasteiger partial charge >= 0.3 is 6.09 Å². The van der Waals surface area contributed by atoms with E-state index in [1.54, 1.807) is 12.1 Å². The quantitative estimate of drug-likeness (QED) is 0.598. The predicted octanol–water partition coefficient (Wildman–Crippen LogP) is 2.98. The summed E-state index contributed by atoms with van der Waals surface area (Å²) < 4.78 is 5.10. The number of carbonyl (C=O) groups is 2. The number of hydroxylamine groups is 1.